The van der Waals surface area contributed by atoms with Crippen molar-refractivity contribution >= 4 is 41.3 Å². The van der Waals surface area contributed by atoms with Crippen molar-refractivity contribution in [3.8, 4) is 0 Å². The van der Waals surface area contributed by atoms with Gasteiger partial charge in [-0.25, -0.2) is 24.2 Å². The van der Waals surface area contributed by atoms with E-state index < -0.39 is 28.8 Å². The fraction of sp³-hybridized carbons (Fsp3) is 0.483. The minimum absolute atomic E-state index is 0.153. The third-order valence-electron chi connectivity index (χ3n) is 7.89. The van der Waals surface area contributed by atoms with Crippen LogP contribution in [0.1, 0.15) is 46.5 Å². The van der Waals surface area contributed by atoms with Crippen LogP contribution in [0.4, 0.5) is 25.8 Å². The van der Waals surface area contributed by atoms with Crippen molar-refractivity contribution < 1.29 is 28.7 Å². The van der Waals surface area contributed by atoms with E-state index in [1.807, 2.05) is 20.8 Å². The molecule has 6 heterocycles. The molecule has 2 aromatic rings. The number of ether oxygens (including phenoxy) is 1. The van der Waals surface area contributed by atoms with Gasteiger partial charge in [0.2, 0.25) is 0 Å². The largest absolute Gasteiger partial charge is 0.444 e. The molecule has 14 nitrogen and oxygen atoms in total. The Hall–Kier alpha value is -4.59. The van der Waals surface area contributed by atoms with Crippen LogP contribution in [0.25, 0.3) is 0 Å². The fourth-order valence-corrected chi connectivity index (χ4v) is 5.62. The Morgan fingerprint density at radius 3 is 1.58 bits per heavy atom. The highest BCUT2D eigenvalue weighted by Gasteiger charge is 2.54. The molecule has 4 aliphatic rings. The van der Waals surface area contributed by atoms with Gasteiger partial charge in [0.25, 0.3) is 11.8 Å². The molecule has 4 fully saturated rings. The van der Waals surface area contributed by atoms with E-state index in [1.165, 1.54) is 17.3 Å². The first-order valence-corrected chi connectivity index (χ1v) is 14.3. The standard InChI is InChI=1S/C17H22N4O4.C12H14N4O2/c1-16(2,3)25-15(24)20-10-6-17(7-11-20)13(22)21(14(23)19-17)12-4-8-18-9-5-12;17-10-12(3-7-14-8-4-12)15-11(18)16(10)9-1-5-13-6-2-9/h4-5,8-9H,6-7,10-11H2,1-3H3,(H,19,23);1-2,5-6,14H,3-4,7-8H2,(H,15,18). The van der Waals surface area contributed by atoms with Gasteiger partial charge in [0.05, 0.1) is 11.4 Å². The zero-order chi connectivity index (χ0) is 30.8. The third kappa shape index (κ3) is 6.00. The van der Waals surface area contributed by atoms with Crippen molar-refractivity contribution in [2.75, 3.05) is 36.0 Å². The third-order valence-corrected chi connectivity index (χ3v) is 7.89. The zero-order valence-corrected chi connectivity index (χ0v) is 24.5. The van der Waals surface area contributed by atoms with Gasteiger partial charge in [-0.05, 0) is 83.8 Å². The number of likely N-dealkylation sites (tertiary alicyclic amines) is 1. The van der Waals surface area contributed by atoms with Gasteiger partial charge < -0.3 is 25.6 Å². The molecule has 0 aliphatic carbocycles. The van der Waals surface area contributed by atoms with Crippen LogP contribution in [-0.4, -0.2) is 87.7 Å². The van der Waals surface area contributed by atoms with Crippen molar-refractivity contribution in [1.29, 1.82) is 0 Å². The number of urea groups is 2. The van der Waals surface area contributed by atoms with Gasteiger partial charge in [-0.3, -0.25) is 19.6 Å². The lowest BCUT2D eigenvalue weighted by Gasteiger charge is -2.37. The van der Waals surface area contributed by atoms with Crippen molar-refractivity contribution in [2.24, 2.45) is 0 Å². The van der Waals surface area contributed by atoms with Crippen molar-refractivity contribution in [2.45, 2.75) is 63.1 Å². The van der Waals surface area contributed by atoms with Crippen LogP contribution in [0.3, 0.4) is 0 Å². The molecule has 0 saturated carbocycles. The second-order valence-corrected chi connectivity index (χ2v) is 11.9. The van der Waals surface area contributed by atoms with E-state index in [1.54, 1.807) is 41.6 Å². The van der Waals surface area contributed by atoms with E-state index in [-0.39, 0.29) is 17.8 Å². The number of anilines is 2. The molecule has 0 unspecified atom stereocenters. The van der Waals surface area contributed by atoms with E-state index in [0.717, 1.165) is 18.0 Å². The van der Waals surface area contributed by atoms with Crippen LogP contribution in [0.5, 0.6) is 0 Å². The summed E-state index contributed by atoms with van der Waals surface area (Å²) in [6, 6.07) is 5.78. The lowest BCUT2D eigenvalue weighted by molar-refractivity contribution is -0.124. The number of nitrogens with zero attached hydrogens (tertiary/aromatic N) is 5. The smallest absolute Gasteiger partial charge is 0.410 e. The Morgan fingerprint density at radius 1 is 0.744 bits per heavy atom. The van der Waals surface area contributed by atoms with E-state index in [9.17, 15) is 24.0 Å². The molecule has 0 bridgehead atoms. The number of carbonyl (C=O) groups excluding carboxylic acids is 5. The average molecular weight is 593 g/mol. The molecule has 2 spiro atoms. The number of piperidine rings is 2. The Bertz CT molecular complexity index is 1380. The number of hydrogen-bond acceptors (Lipinski definition) is 9. The molecule has 4 saturated heterocycles. The van der Waals surface area contributed by atoms with Gasteiger partial charge in [-0.2, -0.15) is 0 Å². The molecule has 228 valence electrons. The second-order valence-electron chi connectivity index (χ2n) is 11.9. The molecule has 7 amide bonds. The number of rotatable bonds is 2. The van der Waals surface area contributed by atoms with Gasteiger partial charge in [0.15, 0.2) is 0 Å². The predicted molar refractivity (Wildman–Crippen MR) is 155 cm³/mol. The van der Waals surface area contributed by atoms with E-state index >= 15 is 0 Å². The van der Waals surface area contributed by atoms with Gasteiger partial charge in [-0.1, -0.05) is 0 Å². The number of nitrogens with one attached hydrogen (secondary N) is 3. The average Bonchev–Trinajstić information content (AvgIpc) is 3.36. The molecule has 0 radical (unpaired) electrons. The zero-order valence-electron chi connectivity index (χ0n) is 24.5. The first-order chi connectivity index (χ1) is 20.4. The lowest BCUT2D eigenvalue weighted by atomic mass is 9.87. The summed E-state index contributed by atoms with van der Waals surface area (Å²) in [7, 11) is 0. The van der Waals surface area contributed by atoms with Crippen LogP contribution in [0.15, 0.2) is 49.1 Å². The van der Waals surface area contributed by atoms with Crippen LogP contribution in [0, 0.1) is 0 Å². The molecule has 2 aromatic heterocycles. The number of hydrogen-bond donors (Lipinski definition) is 3. The molecule has 4 aliphatic heterocycles. The highest BCUT2D eigenvalue weighted by Crippen LogP contribution is 2.33. The Kier molecular flexibility index (Phi) is 8.06. The molecule has 0 atom stereocenters. The van der Waals surface area contributed by atoms with Gasteiger partial charge in [-0.15, -0.1) is 0 Å². The molecular weight excluding hydrogens is 556 g/mol. The molecule has 14 heteroatoms. The SMILES string of the molecule is CC(C)(C)OC(=O)N1CCC2(CC1)NC(=O)N(c1ccncc1)C2=O.O=C1NC2(CCNCC2)C(=O)N1c1ccncc1. The highest BCUT2D eigenvalue weighted by molar-refractivity contribution is 6.24. The van der Waals surface area contributed by atoms with Crippen LogP contribution in [0.2, 0.25) is 0 Å². The van der Waals surface area contributed by atoms with Crippen LogP contribution < -0.4 is 25.8 Å². The summed E-state index contributed by atoms with van der Waals surface area (Å²) in [5.74, 6) is -0.437. The van der Waals surface area contributed by atoms with E-state index in [0.29, 0.717) is 50.1 Å². The number of pyridine rings is 2. The van der Waals surface area contributed by atoms with E-state index in [2.05, 4.69) is 25.9 Å². The summed E-state index contributed by atoms with van der Waals surface area (Å²) in [4.78, 5) is 73.6. The van der Waals surface area contributed by atoms with Crippen LogP contribution in [-0.2, 0) is 14.3 Å². The Morgan fingerprint density at radius 2 is 1.16 bits per heavy atom. The number of amides is 7. The van der Waals surface area contributed by atoms with Crippen molar-refractivity contribution in [1.82, 2.24) is 30.8 Å². The highest BCUT2D eigenvalue weighted by atomic mass is 16.6. The normalized spacial score (nSPS) is 21.0. The lowest BCUT2D eigenvalue weighted by Crippen LogP contribution is -2.56. The maximum atomic E-state index is 12.9. The van der Waals surface area contributed by atoms with E-state index in [4.69, 9.17) is 4.74 Å². The maximum Gasteiger partial charge on any atom is 0.410 e. The summed E-state index contributed by atoms with van der Waals surface area (Å²) < 4.78 is 5.36. The molecule has 0 aromatic carbocycles. The summed E-state index contributed by atoms with van der Waals surface area (Å²) in [6.45, 7) is 7.62. The minimum Gasteiger partial charge on any atom is -0.444 e. The minimum atomic E-state index is -0.959. The molecule has 43 heavy (non-hydrogen) atoms. The van der Waals surface area contributed by atoms with Crippen molar-refractivity contribution in [3.63, 3.8) is 0 Å². The summed E-state index contributed by atoms with van der Waals surface area (Å²) in [6.07, 6.45) is 7.81. The predicted octanol–water partition coefficient (Wildman–Crippen LogP) is 2.17. The summed E-state index contributed by atoms with van der Waals surface area (Å²) >= 11 is 0. The number of imide groups is 2. The van der Waals surface area contributed by atoms with Crippen LogP contribution >= 0.6 is 0 Å². The van der Waals surface area contributed by atoms with Gasteiger partial charge >= 0.3 is 18.2 Å². The summed E-state index contributed by atoms with van der Waals surface area (Å²) in [5, 5.41) is 8.85. The summed E-state index contributed by atoms with van der Waals surface area (Å²) in [5.41, 5.74) is -1.18. The quantitative estimate of drug-likeness (QED) is 0.443. The van der Waals surface area contributed by atoms with Gasteiger partial charge in [0.1, 0.15) is 16.7 Å². The topological polar surface area (TPSA) is 166 Å². The first-order valence-electron chi connectivity index (χ1n) is 14.3. The van der Waals surface area contributed by atoms with Crippen molar-refractivity contribution in [3.05, 3.63) is 49.1 Å². The second kappa shape index (κ2) is 11.6. The monoisotopic (exact) mass is 592 g/mol. The first kappa shape index (κ1) is 29.9. The molecular formula is C29H36N8O6. The molecule has 3 N–H and O–H groups in total. The fourth-order valence-electron chi connectivity index (χ4n) is 5.62. The Labute approximate surface area is 249 Å². The number of aromatic nitrogens is 2. The Balaban J connectivity index is 0.000000180. The molecule has 6 rings (SSSR count). The number of carbonyl (C=O) groups is 5. The maximum absolute atomic E-state index is 12.9. The van der Waals surface area contributed by atoms with Gasteiger partial charge in [0, 0.05) is 37.9 Å².